The Balaban J connectivity index is 2.50. The number of aryl methyl sites for hydroxylation is 1. The van der Waals surface area contributed by atoms with Gasteiger partial charge < -0.3 is 10.2 Å². The molecule has 1 unspecified atom stereocenters. The smallest absolute Gasteiger partial charge is 0.0864 e. The first-order valence-corrected chi connectivity index (χ1v) is 5.20. The van der Waals surface area contributed by atoms with E-state index in [-0.39, 0.29) is 6.61 Å². The van der Waals surface area contributed by atoms with Crippen LogP contribution in [0.1, 0.15) is 5.56 Å². The molecule has 0 aromatic heterocycles. The summed E-state index contributed by atoms with van der Waals surface area (Å²) in [4.78, 5) is 1.16. The summed E-state index contributed by atoms with van der Waals surface area (Å²) in [6.07, 6.45) is -0.621. The molecule has 13 heavy (non-hydrogen) atoms. The van der Waals surface area contributed by atoms with Gasteiger partial charge in [-0.15, -0.1) is 11.8 Å². The summed E-state index contributed by atoms with van der Waals surface area (Å²) in [5, 5.41) is 17.8. The van der Waals surface area contributed by atoms with Crippen LogP contribution in [0.25, 0.3) is 0 Å². The number of hydrogen-bond donors (Lipinski definition) is 2. The molecule has 3 heteroatoms. The zero-order valence-electron chi connectivity index (χ0n) is 7.60. The minimum atomic E-state index is -0.621. The van der Waals surface area contributed by atoms with Gasteiger partial charge in [-0.2, -0.15) is 0 Å². The SMILES string of the molecule is Cc1ccccc1SCC(O)CO. The van der Waals surface area contributed by atoms with Gasteiger partial charge in [0, 0.05) is 10.6 Å². The Morgan fingerprint density at radius 2 is 2.08 bits per heavy atom. The van der Waals surface area contributed by atoms with Crippen LogP contribution in [0, 0.1) is 6.92 Å². The van der Waals surface area contributed by atoms with E-state index in [4.69, 9.17) is 10.2 Å². The molecule has 0 aliphatic carbocycles. The Kier molecular flexibility index (Phi) is 4.28. The largest absolute Gasteiger partial charge is 0.394 e. The predicted octanol–water partition coefficient (Wildman–Crippen LogP) is 1.44. The van der Waals surface area contributed by atoms with E-state index in [0.717, 1.165) is 4.90 Å². The first-order valence-electron chi connectivity index (χ1n) is 4.21. The van der Waals surface area contributed by atoms with Gasteiger partial charge in [0.2, 0.25) is 0 Å². The van der Waals surface area contributed by atoms with Crippen molar-refractivity contribution in [3.63, 3.8) is 0 Å². The second kappa shape index (κ2) is 5.27. The standard InChI is InChI=1S/C10H14O2S/c1-8-4-2-3-5-10(8)13-7-9(12)6-11/h2-5,9,11-12H,6-7H2,1H3. The highest BCUT2D eigenvalue weighted by atomic mass is 32.2. The van der Waals surface area contributed by atoms with Gasteiger partial charge in [-0.05, 0) is 18.6 Å². The fourth-order valence-corrected chi connectivity index (χ4v) is 1.90. The van der Waals surface area contributed by atoms with Crippen molar-refractivity contribution >= 4 is 11.8 Å². The Bertz CT molecular complexity index is 263. The van der Waals surface area contributed by atoms with E-state index in [2.05, 4.69) is 0 Å². The quantitative estimate of drug-likeness (QED) is 0.719. The Morgan fingerprint density at radius 3 is 2.69 bits per heavy atom. The molecule has 0 radical (unpaired) electrons. The van der Waals surface area contributed by atoms with E-state index in [9.17, 15) is 0 Å². The summed E-state index contributed by atoms with van der Waals surface area (Å²) in [7, 11) is 0. The highest BCUT2D eigenvalue weighted by Crippen LogP contribution is 2.22. The molecule has 0 aliphatic heterocycles. The Morgan fingerprint density at radius 1 is 1.38 bits per heavy atom. The molecule has 0 aliphatic rings. The Hall–Kier alpha value is -0.510. The number of hydrogen-bond acceptors (Lipinski definition) is 3. The number of benzene rings is 1. The van der Waals surface area contributed by atoms with E-state index >= 15 is 0 Å². The molecule has 0 heterocycles. The zero-order valence-corrected chi connectivity index (χ0v) is 8.42. The van der Waals surface area contributed by atoms with Gasteiger partial charge in [0.15, 0.2) is 0 Å². The average molecular weight is 198 g/mol. The van der Waals surface area contributed by atoms with Crippen LogP contribution in [-0.4, -0.2) is 28.7 Å². The highest BCUT2D eigenvalue weighted by Gasteiger charge is 2.03. The normalized spacial score (nSPS) is 12.8. The molecule has 72 valence electrons. The van der Waals surface area contributed by atoms with E-state index in [0.29, 0.717) is 5.75 Å². The van der Waals surface area contributed by atoms with Crippen molar-refractivity contribution in [3.8, 4) is 0 Å². The number of aliphatic hydroxyl groups is 2. The molecule has 1 aromatic rings. The van der Waals surface area contributed by atoms with Crippen LogP contribution in [-0.2, 0) is 0 Å². The van der Waals surface area contributed by atoms with Crippen molar-refractivity contribution in [3.05, 3.63) is 29.8 Å². The average Bonchev–Trinajstić information content (AvgIpc) is 2.16. The lowest BCUT2D eigenvalue weighted by molar-refractivity contribution is 0.113. The van der Waals surface area contributed by atoms with E-state index < -0.39 is 6.10 Å². The third kappa shape index (κ3) is 3.38. The monoisotopic (exact) mass is 198 g/mol. The molecule has 0 spiro atoms. The summed E-state index contributed by atoms with van der Waals surface area (Å²) in [5.41, 5.74) is 1.21. The van der Waals surface area contributed by atoms with Gasteiger partial charge in [-0.25, -0.2) is 0 Å². The molecule has 0 fully saturated rings. The van der Waals surface area contributed by atoms with Crippen LogP contribution >= 0.6 is 11.8 Å². The van der Waals surface area contributed by atoms with Crippen molar-refractivity contribution < 1.29 is 10.2 Å². The lowest BCUT2D eigenvalue weighted by atomic mass is 10.2. The summed E-state index contributed by atoms with van der Waals surface area (Å²) in [5.74, 6) is 0.543. The van der Waals surface area contributed by atoms with Gasteiger partial charge >= 0.3 is 0 Å². The maximum atomic E-state index is 9.14. The Labute approximate surface area is 82.6 Å². The maximum absolute atomic E-state index is 9.14. The van der Waals surface area contributed by atoms with Gasteiger partial charge in [-0.3, -0.25) is 0 Å². The highest BCUT2D eigenvalue weighted by molar-refractivity contribution is 7.99. The van der Waals surface area contributed by atoms with Crippen LogP contribution < -0.4 is 0 Å². The zero-order chi connectivity index (χ0) is 9.68. The molecule has 0 saturated heterocycles. The second-order valence-electron chi connectivity index (χ2n) is 2.91. The summed E-state index contributed by atoms with van der Waals surface area (Å²) in [6.45, 7) is 1.87. The van der Waals surface area contributed by atoms with Crippen LogP contribution in [0.5, 0.6) is 0 Å². The molecular weight excluding hydrogens is 184 g/mol. The summed E-state index contributed by atoms with van der Waals surface area (Å²) >= 11 is 1.57. The van der Waals surface area contributed by atoms with Gasteiger partial charge in [0.05, 0.1) is 12.7 Å². The minimum Gasteiger partial charge on any atom is -0.394 e. The van der Waals surface area contributed by atoms with Crippen molar-refractivity contribution in [2.24, 2.45) is 0 Å². The minimum absolute atomic E-state index is 0.168. The number of aliphatic hydroxyl groups excluding tert-OH is 2. The molecule has 1 aromatic carbocycles. The van der Waals surface area contributed by atoms with Crippen LogP contribution in [0.2, 0.25) is 0 Å². The molecule has 0 saturated carbocycles. The van der Waals surface area contributed by atoms with E-state index in [1.54, 1.807) is 11.8 Å². The molecule has 0 bridgehead atoms. The number of rotatable bonds is 4. The third-order valence-electron chi connectivity index (χ3n) is 1.74. The third-order valence-corrected chi connectivity index (χ3v) is 3.06. The van der Waals surface area contributed by atoms with Crippen molar-refractivity contribution in [2.75, 3.05) is 12.4 Å². The van der Waals surface area contributed by atoms with Gasteiger partial charge in [-0.1, -0.05) is 18.2 Å². The molecule has 1 atom stereocenters. The van der Waals surface area contributed by atoms with E-state index in [1.807, 2.05) is 31.2 Å². The van der Waals surface area contributed by atoms with Gasteiger partial charge in [0.1, 0.15) is 0 Å². The van der Waals surface area contributed by atoms with Crippen molar-refractivity contribution in [2.45, 2.75) is 17.9 Å². The molecular formula is C10H14O2S. The fraction of sp³-hybridized carbons (Fsp3) is 0.400. The van der Waals surface area contributed by atoms with Crippen molar-refractivity contribution in [1.82, 2.24) is 0 Å². The van der Waals surface area contributed by atoms with Crippen LogP contribution in [0.4, 0.5) is 0 Å². The van der Waals surface area contributed by atoms with Crippen molar-refractivity contribution in [1.29, 1.82) is 0 Å². The van der Waals surface area contributed by atoms with Gasteiger partial charge in [0.25, 0.3) is 0 Å². The van der Waals surface area contributed by atoms with Crippen LogP contribution in [0.15, 0.2) is 29.2 Å². The lowest BCUT2D eigenvalue weighted by Gasteiger charge is -2.08. The molecule has 1 rings (SSSR count). The second-order valence-corrected chi connectivity index (χ2v) is 3.97. The topological polar surface area (TPSA) is 40.5 Å². The van der Waals surface area contributed by atoms with E-state index in [1.165, 1.54) is 5.56 Å². The van der Waals surface area contributed by atoms with Crippen LogP contribution in [0.3, 0.4) is 0 Å². The molecule has 2 nitrogen and oxygen atoms in total. The fourth-order valence-electron chi connectivity index (χ4n) is 0.957. The summed E-state index contributed by atoms with van der Waals surface area (Å²) in [6, 6.07) is 8.01. The first kappa shape index (κ1) is 10.6. The predicted molar refractivity (Wildman–Crippen MR) is 55.0 cm³/mol. The molecule has 0 amide bonds. The number of thioether (sulfide) groups is 1. The maximum Gasteiger partial charge on any atom is 0.0864 e. The first-order chi connectivity index (χ1) is 6.24. The molecule has 2 N–H and O–H groups in total. The lowest BCUT2D eigenvalue weighted by Crippen LogP contribution is -2.14. The summed E-state index contributed by atoms with van der Waals surface area (Å²) < 4.78 is 0.